The molecule has 1 fully saturated rings. The first-order valence-corrected chi connectivity index (χ1v) is 12.3. The number of anilines is 2. The highest BCUT2D eigenvalue weighted by atomic mass is 32.2. The fourth-order valence-corrected chi connectivity index (χ4v) is 4.53. The lowest BCUT2D eigenvalue weighted by atomic mass is 9.92. The van der Waals surface area contributed by atoms with E-state index >= 15 is 0 Å². The summed E-state index contributed by atoms with van der Waals surface area (Å²) in [5.74, 6) is -0.789. The first-order chi connectivity index (χ1) is 15.6. The number of pyridine rings is 1. The molecule has 1 aliphatic heterocycles. The number of aromatic nitrogens is 1. The molecule has 3 rings (SSSR count). The van der Waals surface area contributed by atoms with Crippen LogP contribution >= 0.6 is 0 Å². The number of amides is 3. The number of carbonyl (C=O) groups excluding carboxylic acids is 2. The minimum Gasteiger partial charge on any atom is -0.323 e. The summed E-state index contributed by atoms with van der Waals surface area (Å²) < 4.78 is 89.3. The molecule has 11 nitrogen and oxygen atoms in total. The van der Waals surface area contributed by atoms with Gasteiger partial charge in [0.25, 0.3) is 26.0 Å². The van der Waals surface area contributed by atoms with E-state index in [4.69, 9.17) is 0 Å². The number of halogens is 3. The van der Waals surface area contributed by atoms with E-state index in [1.807, 2.05) is 0 Å². The number of hydrogen-bond donors (Lipinski definition) is 3. The predicted molar refractivity (Wildman–Crippen MR) is 114 cm³/mol. The van der Waals surface area contributed by atoms with Gasteiger partial charge in [0.05, 0.1) is 22.5 Å². The standard InChI is InChI=1S/C18H18F3N5O6S2/c1-17(9-11-7-8-23-10-14(11)25-34(31,32)22-2)15(27)26(16(28)24-17)12-3-5-13(6-4-12)33(29,30)18(19,20)21/h3-8,10,22,25H,9H2,1-2H3,(H,24,28). The summed E-state index contributed by atoms with van der Waals surface area (Å²) in [5.41, 5.74) is -6.85. The molecule has 2 heterocycles. The Labute approximate surface area is 192 Å². The normalized spacial score (nSPS) is 19.3. The smallest absolute Gasteiger partial charge is 0.323 e. The Morgan fingerprint density at radius 1 is 1.09 bits per heavy atom. The van der Waals surface area contributed by atoms with Crippen molar-refractivity contribution in [1.29, 1.82) is 0 Å². The van der Waals surface area contributed by atoms with Gasteiger partial charge in [-0.2, -0.15) is 21.6 Å². The Kier molecular flexibility index (Phi) is 6.36. The number of nitrogens with zero attached hydrogens (tertiary/aromatic N) is 2. The van der Waals surface area contributed by atoms with Gasteiger partial charge in [-0.1, -0.05) is 0 Å². The SMILES string of the molecule is CNS(=O)(=O)Nc1cnccc1CC1(C)NC(=O)N(c2ccc(S(=O)(=O)C(F)(F)F)cc2)C1=O. The molecule has 184 valence electrons. The highest BCUT2D eigenvalue weighted by Gasteiger charge is 2.49. The quantitative estimate of drug-likeness (QED) is 0.464. The van der Waals surface area contributed by atoms with Crippen LogP contribution in [0.3, 0.4) is 0 Å². The molecular weight excluding hydrogens is 503 g/mol. The molecule has 3 N–H and O–H groups in total. The van der Waals surface area contributed by atoms with Crippen molar-refractivity contribution in [2.24, 2.45) is 0 Å². The van der Waals surface area contributed by atoms with Crippen LogP contribution in [0.5, 0.6) is 0 Å². The van der Waals surface area contributed by atoms with E-state index in [1.54, 1.807) is 0 Å². The molecule has 0 saturated carbocycles. The number of sulfone groups is 1. The van der Waals surface area contributed by atoms with Gasteiger partial charge >= 0.3 is 11.5 Å². The molecule has 2 aromatic rings. The zero-order chi connectivity index (χ0) is 25.5. The maximum atomic E-state index is 13.1. The van der Waals surface area contributed by atoms with E-state index in [2.05, 4.69) is 19.7 Å². The Hall–Kier alpha value is -3.24. The minimum atomic E-state index is -5.60. The van der Waals surface area contributed by atoms with Crippen LogP contribution in [0.2, 0.25) is 0 Å². The van der Waals surface area contributed by atoms with E-state index in [0.29, 0.717) is 22.6 Å². The van der Waals surface area contributed by atoms with Crippen LogP contribution in [0.15, 0.2) is 47.6 Å². The molecule has 0 aliphatic carbocycles. The third kappa shape index (κ3) is 4.69. The molecule has 1 aromatic carbocycles. The second-order valence-corrected chi connectivity index (χ2v) is 10.9. The molecule has 1 saturated heterocycles. The lowest BCUT2D eigenvalue weighted by Gasteiger charge is -2.23. The van der Waals surface area contributed by atoms with Crippen molar-refractivity contribution < 1.29 is 39.6 Å². The van der Waals surface area contributed by atoms with Gasteiger partial charge in [-0.3, -0.25) is 14.5 Å². The van der Waals surface area contributed by atoms with Crippen LogP contribution < -0.4 is 19.7 Å². The highest BCUT2D eigenvalue weighted by Crippen LogP contribution is 2.33. The van der Waals surface area contributed by atoms with Crippen LogP contribution in [-0.2, 0) is 31.3 Å². The zero-order valence-electron chi connectivity index (χ0n) is 17.5. The Balaban J connectivity index is 1.90. The molecule has 0 spiro atoms. The number of urea groups is 1. The van der Waals surface area contributed by atoms with Crippen molar-refractivity contribution >= 4 is 43.4 Å². The molecular formula is C18H18F3N5O6S2. The lowest BCUT2D eigenvalue weighted by Crippen LogP contribution is -2.46. The van der Waals surface area contributed by atoms with Crippen molar-refractivity contribution in [2.45, 2.75) is 29.3 Å². The molecule has 1 atom stereocenters. The van der Waals surface area contributed by atoms with Gasteiger partial charge in [-0.25, -0.2) is 22.8 Å². The fraction of sp³-hybridized carbons (Fsp3) is 0.278. The first kappa shape index (κ1) is 25.4. The lowest BCUT2D eigenvalue weighted by molar-refractivity contribution is -0.121. The number of benzene rings is 1. The number of rotatable bonds is 7. The van der Waals surface area contributed by atoms with Crippen LogP contribution in [0.4, 0.5) is 29.3 Å². The molecule has 1 aliphatic rings. The van der Waals surface area contributed by atoms with Gasteiger partial charge in [0.1, 0.15) is 5.54 Å². The molecule has 1 aromatic heterocycles. The molecule has 1 unspecified atom stereocenters. The predicted octanol–water partition coefficient (Wildman–Crippen LogP) is 1.31. The Morgan fingerprint density at radius 3 is 2.26 bits per heavy atom. The van der Waals surface area contributed by atoms with Crippen LogP contribution in [0, 0.1) is 0 Å². The number of imide groups is 1. The summed E-state index contributed by atoms with van der Waals surface area (Å²) in [5, 5.41) is 2.48. The average molecular weight is 521 g/mol. The molecule has 16 heteroatoms. The van der Waals surface area contributed by atoms with E-state index < -0.39 is 47.9 Å². The van der Waals surface area contributed by atoms with E-state index in [0.717, 1.165) is 12.1 Å². The van der Waals surface area contributed by atoms with Crippen LogP contribution in [0.1, 0.15) is 12.5 Å². The van der Waals surface area contributed by atoms with E-state index in [9.17, 15) is 39.6 Å². The van der Waals surface area contributed by atoms with Gasteiger partial charge in [0.15, 0.2) is 0 Å². The summed E-state index contributed by atoms with van der Waals surface area (Å²) in [6.45, 7) is 1.38. The Morgan fingerprint density at radius 2 is 1.71 bits per heavy atom. The van der Waals surface area contributed by atoms with E-state index in [1.165, 1.54) is 32.4 Å². The van der Waals surface area contributed by atoms with Crippen molar-refractivity contribution in [3.8, 4) is 0 Å². The second-order valence-electron chi connectivity index (χ2n) is 7.37. The summed E-state index contributed by atoms with van der Waals surface area (Å²) in [4.78, 5) is 29.1. The monoisotopic (exact) mass is 521 g/mol. The summed E-state index contributed by atoms with van der Waals surface area (Å²) in [6, 6.07) is 3.63. The van der Waals surface area contributed by atoms with Crippen LogP contribution in [-0.4, -0.2) is 51.9 Å². The van der Waals surface area contributed by atoms with Crippen molar-refractivity contribution in [1.82, 2.24) is 15.0 Å². The highest BCUT2D eigenvalue weighted by molar-refractivity contribution is 7.92. The number of carbonyl (C=O) groups is 2. The largest absolute Gasteiger partial charge is 0.501 e. The molecule has 3 amide bonds. The van der Waals surface area contributed by atoms with Crippen molar-refractivity contribution in [3.63, 3.8) is 0 Å². The van der Waals surface area contributed by atoms with Crippen LogP contribution in [0.25, 0.3) is 0 Å². The molecule has 0 bridgehead atoms. The van der Waals surface area contributed by atoms with Gasteiger partial charge in [-0.15, -0.1) is 0 Å². The number of hydrogen-bond acceptors (Lipinski definition) is 7. The number of nitrogens with one attached hydrogen (secondary N) is 3. The zero-order valence-corrected chi connectivity index (χ0v) is 19.2. The topological polar surface area (TPSA) is 155 Å². The minimum absolute atomic E-state index is 0.0558. The molecule has 0 radical (unpaired) electrons. The average Bonchev–Trinajstić information content (AvgIpc) is 2.96. The maximum absolute atomic E-state index is 13.1. The Bertz CT molecular complexity index is 1350. The fourth-order valence-electron chi connectivity index (χ4n) is 3.19. The van der Waals surface area contributed by atoms with Crippen molar-refractivity contribution in [3.05, 3.63) is 48.3 Å². The molecule has 34 heavy (non-hydrogen) atoms. The van der Waals surface area contributed by atoms with Gasteiger partial charge in [0.2, 0.25) is 0 Å². The van der Waals surface area contributed by atoms with Gasteiger partial charge in [-0.05, 0) is 42.8 Å². The second kappa shape index (κ2) is 8.52. The van der Waals surface area contributed by atoms with Crippen molar-refractivity contribution in [2.75, 3.05) is 16.7 Å². The third-order valence-corrected chi connectivity index (χ3v) is 7.47. The summed E-state index contributed by atoms with van der Waals surface area (Å²) in [7, 11) is -8.32. The maximum Gasteiger partial charge on any atom is 0.501 e. The van der Waals surface area contributed by atoms with Gasteiger partial charge in [0, 0.05) is 19.7 Å². The van der Waals surface area contributed by atoms with E-state index in [-0.39, 0.29) is 17.8 Å². The third-order valence-electron chi connectivity index (χ3n) is 4.94. The summed E-state index contributed by atoms with van der Waals surface area (Å²) in [6.07, 6.45) is 2.40. The summed E-state index contributed by atoms with van der Waals surface area (Å²) >= 11 is 0. The van der Waals surface area contributed by atoms with Gasteiger partial charge < -0.3 is 5.32 Å². The number of alkyl halides is 3. The first-order valence-electron chi connectivity index (χ1n) is 9.33.